The zero-order valence-electron chi connectivity index (χ0n) is 33.2. The van der Waals surface area contributed by atoms with Crippen LogP contribution in [0.3, 0.4) is 0 Å². The summed E-state index contributed by atoms with van der Waals surface area (Å²) < 4.78 is 28.0. The van der Waals surface area contributed by atoms with Crippen molar-refractivity contribution >= 4 is 28.3 Å². The van der Waals surface area contributed by atoms with E-state index in [9.17, 15) is 14.0 Å². The Morgan fingerprint density at radius 1 is 0.929 bits per heavy atom. The maximum Gasteiger partial charge on any atom is 0.297 e. The van der Waals surface area contributed by atoms with Crippen LogP contribution >= 0.6 is 0 Å². The first-order valence-electron chi connectivity index (χ1n) is 19.8. The van der Waals surface area contributed by atoms with Gasteiger partial charge in [-0.15, -0.1) is 0 Å². The first-order valence-corrected chi connectivity index (χ1v) is 19.8. The summed E-state index contributed by atoms with van der Waals surface area (Å²) in [6.07, 6.45) is 4.25. The monoisotopic (exact) mass is 754 g/mol. The molecule has 2 saturated heterocycles. The second kappa shape index (κ2) is 16.9. The van der Waals surface area contributed by atoms with Crippen molar-refractivity contribution in [2.45, 2.75) is 79.3 Å². The fourth-order valence-electron chi connectivity index (χ4n) is 8.38. The molecule has 1 N–H and O–H groups in total. The fourth-order valence-corrected chi connectivity index (χ4v) is 8.38. The molecule has 290 valence electrons. The molecular formula is C46H52F2N8. The molecule has 56 heavy (non-hydrogen) atoms. The second-order valence-electron chi connectivity index (χ2n) is 16.5. The lowest BCUT2D eigenvalue weighted by atomic mass is 9.75. The fraction of sp³-hybridized carbons (Fsp3) is 0.413. The van der Waals surface area contributed by atoms with Crippen LogP contribution < -0.4 is 5.32 Å². The zero-order valence-corrected chi connectivity index (χ0v) is 33.2. The molecule has 0 atom stereocenters. The quantitative estimate of drug-likeness (QED) is 0.134. The van der Waals surface area contributed by atoms with Crippen molar-refractivity contribution < 1.29 is 8.78 Å². The minimum atomic E-state index is -2.82. The Kier molecular flexibility index (Phi) is 11.8. The van der Waals surface area contributed by atoms with Crippen LogP contribution in [0.15, 0.2) is 77.9 Å². The Morgan fingerprint density at radius 3 is 2.38 bits per heavy atom. The summed E-state index contributed by atoms with van der Waals surface area (Å²) in [6, 6.07) is 24.6. The first kappa shape index (κ1) is 39.1. The second-order valence-corrected chi connectivity index (χ2v) is 16.5. The van der Waals surface area contributed by atoms with Crippen LogP contribution in [-0.4, -0.2) is 63.7 Å². The molecule has 2 fully saturated rings. The lowest BCUT2D eigenvalue weighted by Crippen LogP contribution is -2.37. The number of piperidine rings is 1. The van der Waals surface area contributed by atoms with Gasteiger partial charge in [0, 0.05) is 44.2 Å². The average molecular weight is 755 g/mol. The minimum absolute atomic E-state index is 0.241. The standard InChI is InChI=1S/C46H52F2N8/c1-30-38(12-9-13-39(30)40(50-5)25-33-15-14-31(22-35(33)26-49)28-56-20-16-36(17-21-56)46(2,3)4)34-10-8-11-37(24-34)52-44-42-41(53-45(54-44)43(47)48)23-32(27-51-42)29-55-18-6-7-19-55/h8-15,22-24,27,36,43H,6-7,16-21,25,28-29H2,1-5H3,(H,52,53,54). The van der Waals surface area contributed by atoms with Crippen LogP contribution in [0.25, 0.3) is 22.2 Å². The number of hydrogen-bond acceptors (Lipinski definition) is 8. The minimum Gasteiger partial charge on any atom is -0.338 e. The third kappa shape index (κ3) is 8.96. The molecule has 0 spiro atoms. The lowest BCUT2D eigenvalue weighted by Gasteiger charge is -2.38. The van der Waals surface area contributed by atoms with Crippen molar-refractivity contribution in [3.8, 4) is 17.2 Å². The number of likely N-dealkylation sites (tertiary alicyclic amines) is 2. The number of hydrogen-bond donors (Lipinski definition) is 1. The molecule has 3 aromatic carbocycles. The third-order valence-corrected chi connectivity index (χ3v) is 11.6. The smallest absolute Gasteiger partial charge is 0.297 e. The number of rotatable bonds is 11. The number of aliphatic imine (C=N–C) groups is 1. The van der Waals surface area contributed by atoms with Gasteiger partial charge in [-0.25, -0.2) is 18.7 Å². The van der Waals surface area contributed by atoms with Crippen LogP contribution in [0, 0.1) is 29.6 Å². The van der Waals surface area contributed by atoms with Gasteiger partial charge >= 0.3 is 0 Å². The van der Waals surface area contributed by atoms with E-state index >= 15 is 0 Å². The van der Waals surface area contributed by atoms with Crippen molar-refractivity contribution in [3.05, 3.63) is 112 Å². The van der Waals surface area contributed by atoms with Gasteiger partial charge < -0.3 is 5.32 Å². The molecule has 4 heterocycles. The van der Waals surface area contributed by atoms with Crippen molar-refractivity contribution in [1.29, 1.82) is 5.26 Å². The highest BCUT2D eigenvalue weighted by molar-refractivity contribution is 6.04. The summed E-state index contributed by atoms with van der Waals surface area (Å²) in [4.78, 5) is 22.6. The van der Waals surface area contributed by atoms with Crippen molar-refractivity contribution in [2.75, 3.05) is 38.5 Å². The number of alkyl halides is 2. The summed E-state index contributed by atoms with van der Waals surface area (Å²) >= 11 is 0. The lowest BCUT2D eigenvalue weighted by molar-refractivity contribution is 0.108. The zero-order chi connectivity index (χ0) is 39.4. The maximum atomic E-state index is 14.0. The van der Waals surface area contributed by atoms with Gasteiger partial charge in [0.05, 0.1) is 17.1 Å². The van der Waals surface area contributed by atoms with Gasteiger partial charge in [0.25, 0.3) is 6.43 Å². The summed E-state index contributed by atoms with van der Waals surface area (Å²) in [5.41, 5.74) is 10.6. The Balaban J connectivity index is 1.09. The molecule has 0 unspecified atom stereocenters. The highest BCUT2D eigenvalue weighted by atomic mass is 19.3. The molecule has 0 aliphatic carbocycles. The summed E-state index contributed by atoms with van der Waals surface area (Å²) in [7, 11) is 1.80. The Hall–Kier alpha value is -5.11. The normalized spacial score (nSPS) is 16.2. The number of pyridine rings is 1. The maximum absolute atomic E-state index is 14.0. The number of aromatic nitrogens is 3. The SMILES string of the molecule is CN=C(Cc1ccc(CN2CCC(C(C)(C)C)CC2)cc1C#N)c1cccc(-c2cccc(Nc3nc(C(F)F)nc4cc(CN5CCCC5)cnc34)c2)c1C. The van der Waals surface area contributed by atoms with Gasteiger partial charge in [-0.3, -0.25) is 19.8 Å². The van der Waals surface area contributed by atoms with E-state index in [0.29, 0.717) is 40.7 Å². The molecule has 0 saturated carbocycles. The predicted molar refractivity (Wildman–Crippen MR) is 221 cm³/mol. The topological polar surface area (TPSA) is 93.3 Å². The number of benzene rings is 3. The van der Waals surface area contributed by atoms with Crippen molar-refractivity contribution in [1.82, 2.24) is 24.8 Å². The Morgan fingerprint density at radius 2 is 1.66 bits per heavy atom. The molecule has 2 aromatic heterocycles. The van der Waals surface area contributed by atoms with E-state index in [-0.39, 0.29) is 5.82 Å². The van der Waals surface area contributed by atoms with E-state index in [2.05, 4.69) is 94.2 Å². The highest BCUT2D eigenvalue weighted by Gasteiger charge is 2.29. The summed E-state index contributed by atoms with van der Waals surface area (Å²) in [5.74, 6) is 0.455. The van der Waals surface area contributed by atoms with E-state index in [1.807, 2.05) is 36.4 Å². The number of fused-ring (bicyclic) bond motifs is 1. The predicted octanol–water partition coefficient (Wildman–Crippen LogP) is 10.1. The third-order valence-electron chi connectivity index (χ3n) is 11.6. The average Bonchev–Trinajstić information content (AvgIpc) is 3.70. The molecule has 0 bridgehead atoms. The van der Waals surface area contributed by atoms with Gasteiger partial charge in [0.2, 0.25) is 0 Å². The van der Waals surface area contributed by atoms with E-state index in [1.165, 1.54) is 31.2 Å². The number of nitriles is 1. The van der Waals surface area contributed by atoms with Gasteiger partial charge in [-0.2, -0.15) is 5.26 Å². The molecule has 10 heteroatoms. The molecule has 2 aliphatic heterocycles. The number of halogens is 2. The van der Waals surface area contributed by atoms with E-state index in [1.54, 1.807) is 13.2 Å². The Bertz CT molecular complexity index is 2260. The molecular weight excluding hydrogens is 703 g/mol. The largest absolute Gasteiger partial charge is 0.338 e. The first-order chi connectivity index (χ1) is 27.0. The van der Waals surface area contributed by atoms with Gasteiger partial charge in [-0.1, -0.05) is 63.2 Å². The van der Waals surface area contributed by atoms with Crippen LogP contribution in [0.1, 0.15) is 92.1 Å². The molecule has 0 radical (unpaired) electrons. The Labute approximate surface area is 329 Å². The van der Waals surface area contributed by atoms with E-state index in [4.69, 9.17) is 4.99 Å². The molecule has 5 aromatic rings. The molecule has 8 nitrogen and oxygen atoms in total. The van der Waals surface area contributed by atoms with Crippen LogP contribution in [0.4, 0.5) is 20.3 Å². The summed E-state index contributed by atoms with van der Waals surface area (Å²) in [5, 5.41) is 13.5. The van der Waals surface area contributed by atoms with Crippen LogP contribution in [0.2, 0.25) is 0 Å². The number of anilines is 2. The van der Waals surface area contributed by atoms with Gasteiger partial charge in [-0.05, 0) is 133 Å². The van der Waals surface area contributed by atoms with E-state index < -0.39 is 12.2 Å². The molecule has 2 aliphatic rings. The number of nitrogens with one attached hydrogen (secondary N) is 1. The molecule has 0 amide bonds. The van der Waals surface area contributed by atoms with Crippen molar-refractivity contribution in [2.24, 2.45) is 16.3 Å². The van der Waals surface area contributed by atoms with E-state index in [0.717, 1.165) is 77.7 Å². The van der Waals surface area contributed by atoms with Crippen molar-refractivity contribution in [3.63, 3.8) is 0 Å². The van der Waals surface area contributed by atoms with Crippen LogP contribution in [0.5, 0.6) is 0 Å². The summed E-state index contributed by atoms with van der Waals surface area (Å²) in [6.45, 7) is 14.9. The van der Waals surface area contributed by atoms with Gasteiger partial charge in [0.1, 0.15) is 5.52 Å². The van der Waals surface area contributed by atoms with Crippen LogP contribution in [-0.2, 0) is 19.5 Å². The van der Waals surface area contributed by atoms with Gasteiger partial charge in [0.15, 0.2) is 11.6 Å². The highest BCUT2D eigenvalue weighted by Crippen LogP contribution is 2.35. The number of nitrogens with zero attached hydrogens (tertiary/aromatic N) is 7. The molecule has 7 rings (SSSR count).